The lowest BCUT2D eigenvalue weighted by atomic mass is 10.1. The third kappa shape index (κ3) is 2.23. The third-order valence-corrected chi connectivity index (χ3v) is 3.37. The Hall–Kier alpha value is -1.26. The minimum absolute atomic E-state index is 0.232. The van der Waals surface area contributed by atoms with Crippen LogP contribution in [0.2, 0.25) is 5.02 Å². The second-order valence-electron chi connectivity index (χ2n) is 3.59. The smallest absolute Gasteiger partial charge is 0.352 e. The summed E-state index contributed by atoms with van der Waals surface area (Å²) in [7, 11) is 1.70. The molecule has 1 N–H and O–H groups in total. The first kappa shape index (κ1) is 12.2. The van der Waals surface area contributed by atoms with E-state index in [0.29, 0.717) is 5.02 Å². The molecule has 0 radical (unpaired) electrons. The Bertz CT molecular complexity index is 592. The van der Waals surface area contributed by atoms with Gasteiger partial charge in [-0.1, -0.05) is 27.5 Å². The van der Waals surface area contributed by atoms with Gasteiger partial charge in [0, 0.05) is 27.8 Å². The van der Waals surface area contributed by atoms with Gasteiger partial charge in [0.1, 0.15) is 5.69 Å². The van der Waals surface area contributed by atoms with Crippen LogP contribution in [0, 0.1) is 0 Å². The van der Waals surface area contributed by atoms with E-state index in [1.54, 1.807) is 29.8 Å². The van der Waals surface area contributed by atoms with Gasteiger partial charge in [0.25, 0.3) is 0 Å². The maximum absolute atomic E-state index is 11.0. The van der Waals surface area contributed by atoms with Crippen molar-refractivity contribution in [2.45, 2.75) is 0 Å². The molecule has 1 aromatic heterocycles. The highest BCUT2D eigenvalue weighted by Gasteiger charge is 2.14. The number of hydrogen-bond donors (Lipinski definition) is 1. The second kappa shape index (κ2) is 4.55. The molecule has 5 heteroatoms. The van der Waals surface area contributed by atoms with Gasteiger partial charge >= 0.3 is 5.97 Å². The summed E-state index contributed by atoms with van der Waals surface area (Å²) in [5.41, 5.74) is 1.81. The Morgan fingerprint density at radius 2 is 2.06 bits per heavy atom. The Morgan fingerprint density at radius 3 is 2.65 bits per heavy atom. The molecule has 88 valence electrons. The van der Waals surface area contributed by atoms with E-state index >= 15 is 0 Å². The fourth-order valence-corrected chi connectivity index (χ4v) is 2.27. The topological polar surface area (TPSA) is 42.2 Å². The summed E-state index contributed by atoms with van der Waals surface area (Å²) in [6.45, 7) is 0. The number of carboxylic acids is 1. The zero-order valence-corrected chi connectivity index (χ0v) is 11.3. The summed E-state index contributed by atoms with van der Waals surface area (Å²) in [6.07, 6.45) is 0. The molecule has 3 nitrogen and oxygen atoms in total. The zero-order chi connectivity index (χ0) is 12.6. The van der Waals surface area contributed by atoms with Crippen LogP contribution >= 0.6 is 27.5 Å². The second-order valence-corrected chi connectivity index (χ2v) is 4.92. The number of aromatic carboxylic acids is 1. The number of carboxylic acid groups (broad SMARTS) is 1. The van der Waals surface area contributed by atoms with E-state index in [0.717, 1.165) is 15.7 Å². The van der Waals surface area contributed by atoms with Crippen LogP contribution in [-0.4, -0.2) is 15.6 Å². The molecule has 0 bridgehead atoms. The molecule has 0 saturated heterocycles. The van der Waals surface area contributed by atoms with E-state index in [9.17, 15) is 4.79 Å². The standard InChI is InChI=1S/C12H9BrClNO2/c1-15-10(4-5-11(15)12(16)17)8-6-7(13)2-3-9(8)14/h2-6H,1H3,(H,16,17). The molecule has 0 fully saturated rings. The van der Waals surface area contributed by atoms with E-state index < -0.39 is 5.97 Å². The molecule has 0 unspecified atom stereocenters. The highest BCUT2D eigenvalue weighted by molar-refractivity contribution is 9.10. The highest BCUT2D eigenvalue weighted by atomic mass is 79.9. The van der Waals surface area contributed by atoms with Gasteiger partial charge in [-0.25, -0.2) is 4.79 Å². The summed E-state index contributed by atoms with van der Waals surface area (Å²) in [6, 6.07) is 8.79. The van der Waals surface area contributed by atoms with E-state index in [4.69, 9.17) is 16.7 Å². The Labute approximate surface area is 112 Å². The lowest BCUT2D eigenvalue weighted by Gasteiger charge is -2.08. The SMILES string of the molecule is Cn1c(C(=O)O)ccc1-c1cc(Br)ccc1Cl. The third-order valence-electron chi connectivity index (χ3n) is 2.55. The van der Waals surface area contributed by atoms with E-state index in [1.807, 2.05) is 12.1 Å². The van der Waals surface area contributed by atoms with Gasteiger partial charge in [0.15, 0.2) is 0 Å². The molecule has 0 aliphatic carbocycles. The predicted molar refractivity (Wildman–Crippen MR) is 70.5 cm³/mol. The molecule has 0 amide bonds. The van der Waals surface area contributed by atoms with Crippen LogP contribution < -0.4 is 0 Å². The number of rotatable bonds is 2. The van der Waals surface area contributed by atoms with Crippen LogP contribution in [-0.2, 0) is 7.05 Å². The van der Waals surface area contributed by atoms with Gasteiger partial charge in [0.2, 0.25) is 0 Å². The van der Waals surface area contributed by atoms with Gasteiger partial charge in [-0.05, 0) is 30.3 Å². The van der Waals surface area contributed by atoms with Crippen molar-refractivity contribution in [3.05, 3.63) is 45.5 Å². The molecular formula is C12H9BrClNO2. The van der Waals surface area contributed by atoms with Crippen LogP contribution in [0.4, 0.5) is 0 Å². The van der Waals surface area contributed by atoms with Crippen molar-refractivity contribution >= 4 is 33.5 Å². The van der Waals surface area contributed by atoms with Crippen LogP contribution in [0.15, 0.2) is 34.8 Å². The molecule has 1 aromatic carbocycles. The Kier molecular flexibility index (Phi) is 3.26. The summed E-state index contributed by atoms with van der Waals surface area (Å²) >= 11 is 9.48. The fraction of sp³-hybridized carbons (Fsp3) is 0.0833. The van der Waals surface area contributed by atoms with Crippen LogP contribution in [0.1, 0.15) is 10.5 Å². The van der Waals surface area contributed by atoms with Crippen LogP contribution in [0.25, 0.3) is 11.3 Å². The van der Waals surface area contributed by atoms with Gasteiger partial charge in [0.05, 0.1) is 0 Å². The number of halogens is 2. The fourth-order valence-electron chi connectivity index (χ4n) is 1.69. The summed E-state index contributed by atoms with van der Waals surface area (Å²) in [5.74, 6) is -0.954. The Balaban J connectivity index is 2.61. The molecule has 0 aliphatic rings. The molecule has 17 heavy (non-hydrogen) atoms. The van der Waals surface area contributed by atoms with Gasteiger partial charge in [-0.3, -0.25) is 0 Å². The highest BCUT2D eigenvalue weighted by Crippen LogP contribution is 2.31. The van der Waals surface area contributed by atoms with Crippen molar-refractivity contribution < 1.29 is 9.90 Å². The van der Waals surface area contributed by atoms with Crippen molar-refractivity contribution in [1.29, 1.82) is 0 Å². The predicted octanol–water partition coefficient (Wildman–Crippen LogP) is 3.81. The quantitative estimate of drug-likeness (QED) is 0.916. The van der Waals surface area contributed by atoms with Gasteiger partial charge in [-0.15, -0.1) is 0 Å². The molecular weight excluding hydrogens is 305 g/mol. The van der Waals surface area contributed by atoms with Crippen molar-refractivity contribution in [3.63, 3.8) is 0 Å². The van der Waals surface area contributed by atoms with Crippen LogP contribution in [0.5, 0.6) is 0 Å². The number of nitrogens with zero attached hydrogens (tertiary/aromatic N) is 1. The van der Waals surface area contributed by atoms with Crippen molar-refractivity contribution in [2.24, 2.45) is 7.05 Å². The summed E-state index contributed by atoms with van der Waals surface area (Å²) in [5, 5.41) is 9.58. The van der Waals surface area contributed by atoms with Crippen LogP contribution in [0.3, 0.4) is 0 Å². The number of aromatic nitrogens is 1. The average Bonchev–Trinajstić information content (AvgIpc) is 2.64. The molecule has 0 aliphatic heterocycles. The molecule has 2 rings (SSSR count). The van der Waals surface area contributed by atoms with Crippen molar-refractivity contribution in [2.75, 3.05) is 0 Å². The maximum Gasteiger partial charge on any atom is 0.352 e. The minimum atomic E-state index is -0.954. The molecule has 0 atom stereocenters. The first-order chi connectivity index (χ1) is 8.00. The van der Waals surface area contributed by atoms with E-state index in [1.165, 1.54) is 0 Å². The molecule has 1 heterocycles. The van der Waals surface area contributed by atoms with Gasteiger partial charge < -0.3 is 9.67 Å². The molecule has 2 aromatic rings. The lowest BCUT2D eigenvalue weighted by molar-refractivity contribution is 0.0687. The molecule has 0 saturated carbocycles. The first-order valence-electron chi connectivity index (χ1n) is 4.85. The minimum Gasteiger partial charge on any atom is -0.477 e. The van der Waals surface area contributed by atoms with Gasteiger partial charge in [-0.2, -0.15) is 0 Å². The zero-order valence-electron chi connectivity index (χ0n) is 8.95. The number of carbonyl (C=O) groups is 1. The van der Waals surface area contributed by atoms with E-state index in [-0.39, 0.29) is 5.69 Å². The largest absolute Gasteiger partial charge is 0.477 e. The summed E-state index contributed by atoms with van der Waals surface area (Å²) < 4.78 is 2.51. The van der Waals surface area contributed by atoms with Crippen molar-refractivity contribution in [1.82, 2.24) is 4.57 Å². The molecule has 0 spiro atoms. The maximum atomic E-state index is 11.0. The number of benzene rings is 1. The normalized spacial score (nSPS) is 10.5. The summed E-state index contributed by atoms with van der Waals surface area (Å²) in [4.78, 5) is 11.0. The monoisotopic (exact) mass is 313 g/mol. The Morgan fingerprint density at radius 1 is 1.35 bits per heavy atom. The van der Waals surface area contributed by atoms with E-state index in [2.05, 4.69) is 15.9 Å². The first-order valence-corrected chi connectivity index (χ1v) is 6.02. The van der Waals surface area contributed by atoms with Crippen molar-refractivity contribution in [3.8, 4) is 11.3 Å². The number of hydrogen-bond acceptors (Lipinski definition) is 1. The lowest BCUT2D eigenvalue weighted by Crippen LogP contribution is -2.05. The average molecular weight is 315 g/mol.